The molecule has 2 nitrogen and oxygen atoms in total. The molecular formula is C42H24O2. The lowest BCUT2D eigenvalue weighted by Crippen LogP contribution is -1.92. The van der Waals surface area contributed by atoms with Gasteiger partial charge in [-0.2, -0.15) is 0 Å². The van der Waals surface area contributed by atoms with Gasteiger partial charge in [-0.05, 0) is 67.7 Å². The number of hydrogen-bond acceptors (Lipinski definition) is 2. The zero-order valence-electron chi connectivity index (χ0n) is 23.7. The second-order valence-electron chi connectivity index (χ2n) is 11.6. The summed E-state index contributed by atoms with van der Waals surface area (Å²) in [7, 11) is 0. The number of hydrogen-bond donors (Lipinski definition) is 0. The second kappa shape index (κ2) is 8.82. The molecule has 0 saturated heterocycles. The Morgan fingerprint density at radius 3 is 1.32 bits per heavy atom. The number of benzene rings is 8. The lowest BCUT2D eigenvalue weighted by molar-refractivity contribution is 0.658. The predicted molar refractivity (Wildman–Crippen MR) is 184 cm³/mol. The molecule has 0 aliphatic heterocycles. The molecule has 0 atom stereocenters. The third-order valence-corrected chi connectivity index (χ3v) is 9.23. The van der Waals surface area contributed by atoms with Crippen molar-refractivity contribution in [1.82, 2.24) is 0 Å². The van der Waals surface area contributed by atoms with E-state index < -0.39 is 0 Å². The van der Waals surface area contributed by atoms with Gasteiger partial charge in [0.15, 0.2) is 0 Å². The normalized spacial score (nSPS) is 12.1. The molecule has 44 heavy (non-hydrogen) atoms. The van der Waals surface area contributed by atoms with Gasteiger partial charge in [0.2, 0.25) is 0 Å². The Morgan fingerprint density at radius 1 is 0.295 bits per heavy atom. The van der Waals surface area contributed by atoms with E-state index in [9.17, 15) is 0 Å². The summed E-state index contributed by atoms with van der Waals surface area (Å²) in [4.78, 5) is 0. The Kier molecular flexibility index (Phi) is 4.75. The van der Waals surface area contributed by atoms with Gasteiger partial charge in [-0.15, -0.1) is 0 Å². The molecule has 2 heterocycles. The standard InChI is InChI=1S/C42H24O2/c1-2-12-26-23-27(22-21-25(26)11-1)38-30-15-3-5-17-32(30)39(33-18-6-4-16-31(33)38)40-41-34(28-13-7-9-19-36(28)43-41)24-35-29-14-8-10-20-37(29)44-42(35)40/h1-24H. The smallest absolute Gasteiger partial charge is 0.147 e. The first-order valence-electron chi connectivity index (χ1n) is 15.0. The van der Waals surface area contributed by atoms with E-state index in [1.54, 1.807) is 0 Å². The predicted octanol–water partition coefficient (Wildman–Crippen LogP) is 12.3. The molecule has 0 bridgehead atoms. The fourth-order valence-electron chi connectivity index (χ4n) is 7.32. The van der Waals surface area contributed by atoms with Gasteiger partial charge in [0.25, 0.3) is 0 Å². The number of furan rings is 2. The van der Waals surface area contributed by atoms with Crippen molar-refractivity contribution in [3.05, 3.63) is 146 Å². The van der Waals surface area contributed by atoms with E-state index in [1.165, 1.54) is 43.4 Å². The summed E-state index contributed by atoms with van der Waals surface area (Å²) in [5, 5.41) is 11.6. The maximum atomic E-state index is 6.74. The zero-order chi connectivity index (χ0) is 28.8. The largest absolute Gasteiger partial charge is 0.455 e. The molecule has 0 unspecified atom stereocenters. The lowest BCUT2D eigenvalue weighted by Gasteiger charge is -2.18. The van der Waals surface area contributed by atoms with Crippen molar-refractivity contribution < 1.29 is 8.83 Å². The van der Waals surface area contributed by atoms with E-state index in [1.807, 2.05) is 12.1 Å². The van der Waals surface area contributed by atoms with Crippen LogP contribution in [-0.2, 0) is 0 Å². The highest BCUT2D eigenvalue weighted by Gasteiger charge is 2.25. The average molecular weight is 561 g/mol. The van der Waals surface area contributed by atoms with Crippen LogP contribution in [0.15, 0.2) is 154 Å². The molecule has 0 aliphatic carbocycles. The molecule has 0 aliphatic rings. The van der Waals surface area contributed by atoms with E-state index in [0.717, 1.165) is 55.0 Å². The van der Waals surface area contributed by atoms with Gasteiger partial charge >= 0.3 is 0 Å². The Hall–Kier alpha value is -5.86. The third-order valence-electron chi connectivity index (χ3n) is 9.23. The van der Waals surface area contributed by atoms with Crippen LogP contribution in [0.25, 0.3) is 98.4 Å². The minimum Gasteiger partial charge on any atom is -0.455 e. The highest BCUT2D eigenvalue weighted by molar-refractivity contribution is 6.29. The topological polar surface area (TPSA) is 26.3 Å². The first kappa shape index (κ1) is 23.7. The third kappa shape index (κ3) is 3.20. The van der Waals surface area contributed by atoms with Crippen molar-refractivity contribution in [2.24, 2.45) is 0 Å². The van der Waals surface area contributed by atoms with Crippen molar-refractivity contribution in [3.63, 3.8) is 0 Å². The molecule has 2 heteroatoms. The number of rotatable bonds is 2. The van der Waals surface area contributed by atoms with Crippen molar-refractivity contribution in [2.75, 3.05) is 0 Å². The Balaban J connectivity index is 1.43. The van der Waals surface area contributed by atoms with Gasteiger partial charge in [0.1, 0.15) is 22.3 Å². The summed E-state index contributed by atoms with van der Waals surface area (Å²) < 4.78 is 13.5. The second-order valence-corrected chi connectivity index (χ2v) is 11.6. The minimum absolute atomic E-state index is 0.853. The van der Waals surface area contributed by atoms with Gasteiger partial charge < -0.3 is 8.83 Å². The molecule has 0 fully saturated rings. The molecule has 10 aromatic rings. The van der Waals surface area contributed by atoms with Crippen LogP contribution in [0, 0.1) is 0 Å². The van der Waals surface area contributed by atoms with E-state index in [-0.39, 0.29) is 0 Å². The van der Waals surface area contributed by atoms with Crippen LogP contribution < -0.4 is 0 Å². The monoisotopic (exact) mass is 560 g/mol. The summed E-state index contributed by atoms with van der Waals surface area (Å²) in [6.45, 7) is 0. The summed E-state index contributed by atoms with van der Waals surface area (Å²) in [6.07, 6.45) is 0. The van der Waals surface area contributed by atoms with Gasteiger partial charge in [0.05, 0.1) is 5.56 Å². The van der Waals surface area contributed by atoms with Gasteiger partial charge in [-0.3, -0.25) is 0 Å². The number of fused-ring (bicyclic) bond motifs is 9. The van der Waals surface area contributed by atoms with Gasteiger partial charge in [0, 0.05) is 27.1 Å². The van der Waals surface area contributed by atoms with E-state index in [4.69, 9.17) is 8.83 Å². The van der Waals surface area contributed by atoms with Crippen LogP contribution in [0.2, 0.25) is 0 Å². The highest BCUT2D eigenvalue weighted by atomic mass is 16.3. The van der Waals surface area contributed by atoms with E-state index in [0.29, 0.717) is 0 Å². The van der Waals surface area contributed by atoms with Crippen LogP contribution >= 0.6 is 0 Å². The molecule has 10 rings (SSSR count). The zero-order valence-corrected chi connectivity index (χ0v) is 23.7. The fraction of sp³-hybridized carbons (Fsp3) is 0. The molecule has 0 spiro atoms. The summed E-state index contributed by atoms with van der Waals surface area (Å²) in [5.74, 6) is 0. The summed E-state index contributed by atoms with van der Waals surface area (Å²) >= 11 is 0. The Labute approximate surface area is 252 Å². The average Bonchev–Trinajstić information content (AvgIpc) is 3.64. The molecular weight excluding hydrogens is 536 g/mol. The Morgan fingerprint density at radius 2 is 0.750 bits per heavy atom. The molecule has 0 saturated carbocycles. The molecule has 2 aromatic heterocycles. The minimum atomic E-state index is 0.853. The molecule has 0 N–H and O–H groups in total. The Bertz CT molecular complexity index is 2630. The van der Waals surface area contributed by atoms with Crippen molar-refractivity contribution in [1.29, 1.82) is 0 Å². The molecule has 0 amide bonds. The van der Waals surface area contributed by atoms with E-state index >= 15 is 0 Å². The lowest BCUT2D eigenvalue weighted by atomic mass is 9.84. The van der Waals surface area contributed by atoms with Crippen LogP contribution in [0.4, 0.5) is 0 Å². The SMILES string of the molecule is c1ccc2cc(-c3c4ccccc4c(-c4c5oc6ccccc6c5cc5c4oc4ccccc45)c4ccccc34)ccc2c1. The van der Waals surface area contributed by atoms with E-state index in [2.05, 4.69) is 133 Å². The number of para-hydroxylation sites is 2. The first-order chi connectivity index (χ1) is 21.8. The van der Waals surface area contributed by atoms with Crippen molar-refractivity contribution in [3.8, 4) is 22.3 Å². The first-order valence-corrected chi connectivity index (χ1v) is 15.0. The quantitative estimate of drug-likeness (QED) is 0.197. The van der Waals surface area contributed by atoms with Gasteiger partial charge in [-0.1, -0.05) is 121 Å². The van der Waals surface area contributed by atoms with Crippen LogP contribution in [0.1, 0.15) is 0 Å². The van der Waals surface area contributed by atoms with Crippen LogP contribution in [0.3, 0.4) is 0 Å². The molecule has 0 radical (unpaired) electrons. The maximum Gasteiger partial charge on any atom is 0.147 e. The summed E-state index contributed by atoms with van der Waals surface area (Å²) in [5.41, 5.74) is 8.04. The van der Waals surface area contributed by atoms with Crippen LogP contribution in [-0.4, -0.2) is 0 Å². The van der Waals surface area contributed by atoms with Crippen LogP contribution in [0.5, 0.6) is 0 Å². The summed E-state index contributed by atoms with van der Waals surface area (Å²) in [6, 6.07) is 51.8. The highest BCUT2D eigenvalue weighted by Crippen LogP contribution is 2.50. The van der Waals surface area contributed by atoms with Crippen molar-refractivity contribution in [2.45, 2.75) is 0 Å². The van der Waals surface area contributed by atoms with Gasteiger partial charge in [-0.25, -0.2) is 0 Å². The van der Waals surface area contributed by atoms with Crippen molar-refractivity contribution >= 4 is 76.2 Å². The molecule has 204 valence electrons. The fourth-order valence-corrected chi connectivity index (χ4v) is 7.32. The maximum absolute atomic E-state index is 6.74. The molecule has 8 aromatic carbocycles.